The van der Waals surface area contributed by atoms with Gasteiger partial charge in [-0.15, -0.1) is 0 Å². The second kappa shape index (κ2) is 9.03. The molecule has 1 aliphatic carbocycles. The van der Waals surface area contributed by atoms with Crippen LogP contribution in [0.15, 0.2) is 60.2 Å². The molecule has 0 atom stereocenters. The number of ether oxygens (including phenoxy) is 1. The molecule has 0 amide bonds. The number of nitrogens with zero attached hydrogens (tertiary/aromatic N) is 1. The first-order valence-corrected chi connectivity index (χ1v) is 11.2. The van der Waals surface area contributed by atoms with Gasteiger partial charge in [0, 0.05) is 16.5 Å². The van der Waals surface area contributed by atoms with Crippen LogP contribution in [-0.2, 0) is 16.1 Å². The number of carbonyl (C=O) groups is 2. The van der Waals surface area contributed by atoms with Gasteiger partial charge in [0.25, 0.3) is 0 Å². The molecule has 5 heteroatoms. The molecule has 0 unspecified atom stereocenters. The van der Waals surface area contributed by atoms with E-state index in [-0.39, 0.29) is 6.54 Å². The standard InChI is InChI=1S/C27H29NO4/c1-4-9-18-14-20(26(29)30)16-28-23-15-19(27(31)32-3)12-13-22(23)24(25(28)21(18)5-2)17-10-7-6-8-11-17/h4-5,9,12-15,17H,2,6-8,10-11,16H2,1,3H3,(H,29,30)/b9-4-. The Morgan fingerprint density at radius 3 is 2.59 bits per heavy atom. The van der Waals surface area contributed by atoms with Crippen molar-refractivity contribution in [2.75, 3.05) is 7.11 Å². The lowest BCUT2D eigenvalue weighted by atomic mass is 9.81. The fraction of sp³-hybridized carbons (Fsp3) is 0.333. The number of hydrogen-bond donors (Lipinski definition) is 1. The Morgan fingerprint density at radius 2 is 1.97 bits per heavy atom. The first-order valence-electron chi connectivity index (χ1n) is 11.2. The molecule has 1 fully saturated rings. The largest absolute Gasteiger partial charge is 0.478 e. The molecule has 166 valence electrons. The predicted octanol–water partition coefficient (Wildman–Crippen LogP) is 6.02. The fourth-order valence-corrected chi connectivity index (χ4v) is 5.16. The van der Waals surface area contributed by atoms with Gasteiger partial charge in [-0.25, -0.2) is 9.59 Å². The molecule has 0 bridgehead atoms. The Kier molecular flexibility index (Phi) is 6.17. The molecular formula is C27H29NO4. The van der Waals surface area contributed by atoms with Gasteiger partial charge in [0.1, 0.15) is 0 Å². The van der Waals surface area contributed by atoms with Crippen LogP contribution in [0.3, 0.4) is 0 Å². The lowest BCUT2D eigenvalue weighted by molar-refractivity contribution is -0.132. The van der Waals surface area contributed by atoms with E-state index in [1.165, 1.54) is 31.9 Å². The normalized spacial score (nSPS) is 17.2. The van der Waals surface area contributed by atoms with Crippen LogP contribution in [0.25, 0.3) is 16.5 Å². The van der Waals surface area contributed by atoms with Crippen molar-refractivity contribution in [1.82, 2.24) is 4.57 Å². The van der Waals surface area contributed by atoms with Gasteiger partial charge in [0.2, 0.25) is 0 Å². The Bertz CT molecular complexity index is 1190. The van der Waals surface area contributed by atoms with Crippen LogP contribution in [0.1, 0.15) is 66.6 Å². The summed E-state index contributed by atoms with van der Waals surface area (Å²) in [5, 5.41) is 11.0. The Labute approximate surface area is 188 Å². The molecule has 0 spiro atoms. The molecular weight excluding hydrogens is 402 g/mol. The van der Waals surface area contributed by atoms with E-state index in [9.17, 15) is 14.7 Å². The Balaban J connectivity index is 2.10. The van der Waals surface area contributed by atoms with Crippen molar-refractivity contribution in [3.8, 4) is 0 Å². The van der Waals surface area contributed by atoms with Gasteiger partial charge in [-0.1, -0.05) is 50.1 Å². The highest BCUT2D eigenvalue weighted by Gasteiger charge is 2.30. The number of carboxylic acids is 1. The van der Waals surface area contributed by atoms with Crippen molar-refractivity contribution in [2.45, 2.75) is 51.5 Å². The van der Waals surface area contributed by atoms with Gasteiger partial charge in [0.15, 0.2) is 0 Å². The summed E-state index contributed by atoms with van der Waals surface area (Å²) < 4.78 is 6.99. The zero-order valence-corrected chi connectivity index (χ0v) is 18.7. The summed E-state index contributed by atoms with van der Waals surface area (Å²) in [6.07, 6.45) is 13.3. The zero-order chi connectivity index (χ0) is 22.8. The van der Waals surface area contributed by atoms with Gasteiger partial charge >= 0.3 is 11.9 Å². The Morgan fingerprint density at radius 1 is 1.22 bits per heavy atom. The van der Waals surface area contributed by atoms with E-state index in [1.54, 1.807) is 12.1 Å². The third-order valence-electron chi connectivity index (χ3n) is 6.59. The van der Waals surface area contributed by atoms with E-state index in [2.05, 4.69) is 11.1 Å². The van der Waals surface area contributed by atoms with Gasteiger partial charge in [-0.2, -0.15) is 0 Å². The van der Waals surface area contributed by atoms with Crippen molar-refractivity contribution in [3.05, 3.63) is 77.0 Å². The molecule has 4 rings (SSSR count). The summed E-state index contributed by atoms with van der Waals surface area (Å²) in [5.41, 5.74) is 5.64. The van der Waals surface area contributed by atoms with Gasteiger partial charge in [0.05, 0.1) is 30.5 Å². The number of carboxylic acid groups (broad SMARTS) is 1. The maximum atomic E-state index is 12.3. The highest BCUT2D eigenvalue weighted by atomic mass is 16.5. The van der Waals surface area contributed by atoms with Crippen molar-refractivity contribution >= 4 is 28.4 Å². The maximum Gasteiger partial charge on any atom is 0.337 e. The second-order valence-corrected chi connectivity index (χ2v) is 8.45. The molecule has 1 aliphatic heterocycles. The van der Waals surface area contributed by atoms with E-state index >= 15 is 0 Å². The number of hydrogen-bond acceptors (Lipinski definition) is 3. The zero-order valence-electron chi connectivity index (χ0n) is 18.7. The molecule has 2 aromatic rings. The van der Waals surface area contributed by atoms with E-state index in [4.69, 9.17) is 4.74 Å². The van der Waals surface area contributed by atoms with Gasteiger partial charge < -0.3 is 14.4 Å². The average molecular weight is 432 g/mol. The third-order valence-corrected chi connectivity index (χ3v) is 6.59. The maximum absolute atomic E-state index is 12.3. The fourth-order valence-electron chi connectivity index (χ4n) is 5.16. The molecule has 1 aromatic heterocycles. The summed E-state index contributed by atoms with van der Waals surface area (Å²) in [5.74, 6) is -0.966. The second-order valence-electron chi connectivity index (χ2n) is 8.45. The van der Waals surface area contributed by atoms with Crippen LogP contribution in [-0.4, -0.2) is 28.7 Å². The van der Waals surface area contributed by atoms with Crippen LogP contribution >= 0.6 is 0 Å². The smallest absolute Gasteiger partial charge is 0.337 e. The topological polar surface area (TPSA) is 68.5 Å². The number of rotatable bonds is 5. The van der Waals surface area contributed by atoms with Gasteiger partial charge in [-0.3, -0.25) is 0 Å². The number of aliphatic carboxylic acids is 1. The van der Waals surface area contributed by atoms with Crippen LogP contribution in [0.4, 0.5) is 0 Å². The molecule has 5 nitrogen and oxygen atoms in total. The monoisotopic (exact) mass is 431 g/mol. The van der Waals surface area contributed by atoms with Crippen molar-refractivity contribution in [3.63, 3.8) is 0 Å². The van der Waals surface area contributed by atoms with Crippen LogP contribution in [0.5, 0.6) is 0 Å². The summed E-state index contributed by atoms with van der Waals surface area (Å²) in [7, 11) is 1.37. The van der Waals surface area contributed by atoms with Crippen LogP contribution < -0.4 is 0 Å². The third kappa shape index (κ3) is 3.72. The van der Waals surface area contributed by atoms with E-state index in [0.717, 1.165) is 40.6 Å². The molecule has 2 aliphatic rings. The molecule has 1 aromatic carbocycles. The number of aromatic nitrogens is 1. The molecule has 1 saturated carbocycles. The first-order chi connectivity index (χ1) is 15.5. The number of allylic oxidation sites excluding steroid dienone is 6. The SMILES string of the molecule is C=CC1=C(/C=C\C)C=C(C(=O)O)Cn2c1c(C1CCCCC1)c1ccc(C(=O)OC)cc12. The lowest BCUT2D eigenvalue weighted by Crippen LogP contribution is -2.11. The average Bonchev–Trinajstić information content (AvgIpc) is 3.02. The molecule has 0 saturated heterocycles. The molecule has 0 radical (unpaired) electrons. The minimum atomic E-state index is -0.951. The summed E-state index contributed by atoms with van der Waals surface area (Å²) in [6.45, 7) is 6.23. The molecule has 2 heterocycles. The minimum Gasteiger partial charge on any atom is -0.478 e. The van der Waals surface area contributed by atoms with Crippen molar-refractivity contribution < 1.29 is 19.4 Å². The number of methoxy groups -OCH3 is 1. The van der Waals surface area contributed by atoms with E-state index < -0.39 is 11.9 Å². The van der Waals surface area contributed by atoms with Gasteiger partial charge in [-0.05, 0) is 55.0 Å². The molecule has 32 heavy (non-hydrogen) atoms. The van der Waals surface area contributed by atoms with E-state index in [0.29, 0.717) is 17.1 Å². The molecule has 1 N–H and O–H groups in total. The predicted molar refractivity (Wildman–Crippen MR) is 127 cm³/mol. The Hall–Kier alpha value is -3.34. The number of esters is 1. The van der Waals surface area contributed by atoms with E-state index in [1.807, 2.05) is 37.3 Å². The minimum absolute atomic E-state index is 0.219. The van der Waals surface area contributed by atoms with Crippen LogP contribution in [0, 0.1) is 0 Å². The quantitative estimate of drug-likeness (QED) is 0.588. The van der Waals surface area contributed by atoms with Crippen molar-refractivity contribution in [2.24, 2.45) is 0 Å². The first kappa shape index (κ1) is 21.9. The lowest BCUT2D eigenvalue weighted by Gasteiger charge is -2.24. The number of carbonyl (C=O) groups excluding carboxylic acids is 1. The van der Waals surface area contributed by atoms with Crippen molar-refractivity contribution in [1.29, 1.82) is 0 Å². The highest BCUT2D eigenvalue weighted by Crippen LogP contribution is 2.45. The number of benzene rings is 1. The number of fused-ring (bicyclic) bond motifs is 3. The summed E-state index contributed by atoms with van der Waals surface area (Å²) in [6, 6.07) is 5.63. The summed E-state index contributed by atoms with van der Waals surface area (Å²) in [4.78, 5) is 24.4. The highest BCUT2D eigenvalue weighted by molar-refractivity contribution is 6.00. The summed E-state index contributed by atoms with van der Waals surface area (Å²) >= 11 is 0. The van der Waals surface area contributed by atoms with Crippen LogP contribution in [0.2, 0.25) is 0 Å².